The van der Waals surface area contributed by atoms with E-state index < -0.39 is 5.97 Å². The van der Waals surface area contributed by atoms with E-state index in [1.165, 1.54) is 6.07 Å². The molecular formula is C33H31FN2O3. The van der Waals surface area contributed by atoms with Crippen LogP contribution in [0.4, 0.5) is 10.1 Å². The molecule has 0 atom stereocenters. The van der Waals surface area contributed by atoms with E-state index in [0.29, 0.717) is 24.7 Å². The van der Waals surface area contributed by atoms with E-state index in [0.717, 1.165) is 83.1 Å². The van der Waals surface area contributed by atoms with Gasteiger partial charge in [-0.25, -0.2) is 9.18 Å². The number of morpholine rings is 1. The summed E-state index contributed by atoms with van der Waals surface area (Å²) in [7, 11) is 0. The lowest BCUT2D eigenvalue weighted by atomic mass is 9.72. The number of anilines is 1. The maximum atomic E-state index is 14.1. The van der Waals surface area contributed by atoms with E-state index in [1.807, 2.05) is 49.4 Å². The molecule has 2 fully saturated rings. The molecular weight excluding hydrogens is 491 g/mol. The Balaban J connectivity index is 1.72. The van der Waals surface area contributed by atoms with Crippen LogP contribution in [0.2, 0.25) is 0 Å². The van der Waals surface area contributed by atoms with Crippen LogP contribution in [0.1, 0.15) is 52.6 Å². The molecule has 0 spiro atoms. The average molecular weight is 523 g/mol. The van der Waals surface area contributed by atoms with Crippen molar-refractivity contribution < 1.29 is 19.0 Å². The van der Waals surface area contributed by atoms with Crippen molar-refractivity contribution in [2.45, 2.75) is 26.2 Å². The van der Waals surface area contributed by atoms with Gasteiger partial charge in [0, 0.05) is 30.4 Å². The van der Waals surface area contributed by atoms with Crippen LogP contribution in [0.15, 0.2) is 66.7 Å². The third-order valence-corrected chi connectivity index (χ3v) is 7.65. The summed E-state index contributed by atoms with van der Waals surface area (Å²) in [6, 6.07) is 21.2. The van der Waals surface area contributed by atoms with Crippen LogP contribution >= 0.6 is 0 Å². The van der Waals surface area contributed by atoms with E-state index in [2.05, 4.69) is 17.0 Å². The van der Waals surface area contributed by atoms with Crippen molar-refractivity contribution >= 4 is 28.9 Å². The molecule has 1 saturated carbocycles. The molecule has 6 heteroatoms. The van der Waals surface area contributed by atoms with Gasteiger partial charge in [-0.05, 0) is 89.4 Å². The summed E-state index contributed by atoms with van der Waals surface area (Å²) in [6.45, 7) is 4.81. The number of ether oxygens (including phenoxy) is 1. The van der Waals surface area contributed by atoms with Crippen LogP contribution in [0.3, 0.4) is 0 Å². The molecule has 1 N–H and O–H groups in total. The van der Waals surface area contributed by atoms with Gasteiger partial charge >= 0.3 is 5.97 Å². The Morgan fingerprint density at radius 1 is 1.05 bits per heavy atom. The summed E-state index contributed by atoms with van der Waals surface area (Å²) < 4.78 is 19.7. The first-order valence-electron chi connectivity index (χ1n) is 13.3. The fraction of sp³-hybridized carbons (Fsp3) is 0.273. The molecule has 198 valence electrons. The third kappa shape index (κ3) is 5.79. The van der Waals surface area contributed by atoms with Crippen molar-refractivity contribution in [2.24, 2.45) is 5.92 Å². The van der Waals surface area contributed by atoms with Crippen molar-refractivity contribution in [1.29, 1.82) is 5.26 Å². The van der Waals surface area contributed by atoms with Crippen molar-refractivity contribution in [3.8, 4) is 6.07 Å². The molecule has 2 aliphatic rings. The SMILES string of the molecule is Cc1cc(F)ccc1/C(=C(\c1ccc(/C=C/C(=O)O)cc1)c1ccc(N2CCOCC2)cc1C#N)C1CCC1. The number of nitriles is 1. The van der Waals surface area contributed by atoms with Gasteiger partial charge in [0.15, 0.2) is 0 Å². The van der Waals surface area contributed by atoms with E-state index in [-0.39, 0.29) is 5.82 Å². The Kier molecular flexibility index (Phi) is 7.90. The summed E-state index contributed by atoms with van der Waals surface area (Å²) in [6.07, 6.45) is 5.86. The van der Waals surface area contributed by atoms with Gasteiger partial charge in [-0.3, -0.25) is 0 Å². The van der Waals surface area contributed by atoms with E-state index >= 15 is 0 Å². The van der Waals surface area contributed by atoms with Crippen molar-refractivity contribution in [2.75, 3.05) is 31.2 Å². The fourth-order valence-corrected chi connectivity index (χ4v) is 5.43. The molecule has 39 heavy (non-hydrogen) atoms. The Morgan fingerprint density at radius 2 is 1.77 bits per heavy atom. The molecule has 5 nitrogen and oxygen atoms in total. The van der Waals surface area contributed by atoms with Crippen LogP contribution in [0.25, 0.3) is 17.2 Å². The van der Waals surface area contributed by atoms with Gasteiger partial charge in [0.1, 0.15) is 5.82 Å². The summed E-state index contributed by atoms with van der Waals surface area (Å²) in [5.74, 6) is -0.980. The van der Waals surface area contributed by atoms with Crippen molar-refractivity contribution in [3.05, 3.63) is 106 Å². The highest BCUT2D eigenvalue weighted by atomic mass is 19.1. The van der Waals surface area contributed by atoms with Crippen molar-refractivity contribution in [1.82, 2.24) is 0 Å². The molecule has 0 bridgehead atoms. The maximum Gasteiger partial charge on any atom is 0.328 e. The van der Waals surface area contributed by atoms with Gasteiger partial charge in [-0.2, -0.15) is 5.26 Å². The molecule has 1 saturated heterocycles. The molecule has 0 unspecified atom stereocenters. The smallest absolute Gasteiger partial charge is 0.328 e. The molecule has 0 amide bonds. The number of nitrogens with zero attached hydrogens (tertiary/aromatic N) is 2. The number of rotatable bonds is 7. The van der Waals surface area contributed by atoms with Crippen LogP contribution in [-0.4, -0.2) is 37.4 Å². The molecule has 0 radical (unpaired) electrons. The highest BCUT2D eigenvalue weighted by molar-refractivity contribution is 6.01. The molecule has 1 aliphatic carbocycles. The zero-order chi connectivity index (χ0) is 27.4. The van der Waals surface area contributed by atoms with Crippen LogP contribution in [0, 0.1) is 30.0 Å². The summed E-state index contributed by atoms with van der Waals surface area (Å²) in [5.41, 5.74) is 8.07. The molecule has 3 aromatic carbocycles. The summed E-state index contributed by atoms with van der Waals surface area (Å²) >= 11 is 0. The molecule has 1 aliphatic heterocycles. The van der Waals surface area contributed by atoms with Gasteiger partial charge in [0.05, 0.1) is 24.8 Å². The molecule has 5 rings (SSSR count). The predicted molar refractivity (Wildman–Crippen MR) is 152 cm³/mol. The van der Waals surface area contributed by atoms with Crippen molar-refractivity contribution in [3.63, 3.8) is 0 Å². The number of carbonyl (C=O) groups is 1. The van der Waals surface area contributed by atoms with Gasteiger partial charge in [-0.15, -0.1) is 0 Å². The van der Waals surface area contributed by atoms with E-state index in [1.54, 1.807) is 12.1 Å². The summed E-state index contributed by atoms with van der Waals surface area (Å²) in [4.78, 5) is 13.2. The Morgan fingerprint density at radius 3 is 2.38 bits per heavy atom. The summed E-state index contributed by atoms with van der Waals surface area (Å²) in [5, 5.41) is 19.3. The first-order chi connectivity index (χ1) is 18.9. The number of allylic oxidation sites excluding steroid dienone is 1. The normalized spacial score (nSPS) is 16.5. The largest absolute Gasteiger partial charge is 0.478 e. The first kappa shape index (κ1) is 26.4. The zero-order valence-corrected chi connectivity index (χ0v) is 22.0. The van der Waals surface area contributed by atoms with Gasteiger partial charge in [0.2, 0.25) is 0 Å². The second-order valence-corrected chi connectivity index (χ2v) is 10.1. The minimum atomic E-state index is -1.00. The number of benzene rings is 3. The number of halogens is 1. The number of carboxylic acids is 1. The molecule has 0 aromatic heterocycles. The lowest BCUT2D eigenvalue weighted by Gasteiger charge is -2.33. The fourth-order valence-electron chi connectivity index (χ4n) is 5.43. The topological polar surface area (TPSA) is 73.6 Å². The van der Waals surface area contributed by atoms with Gasteiger partial charge in [-0.1, -0.05) is 42.8 Å². The number of aryl methyl sites for hydroxylation is 1. The second kappa shape index (κ2) is 11.7. The van der Waals surface area contributed by atoms with Crippen LogP contribution < -0.4 is 4.90 Å². The number of aliphatic carboxylic acids is 1. The Hall–Kier alpha value is -4.21. The maximum absolute atomic E-state index is 14.1. The minimum Gasteiger partial charge on any atom is -0.478 e. The van der Waals surface area contributed by atoms with E-state index in [4.69, 9.17) is 9.84 Å². The third-order valence-electron chi connectivity index (χ3n) is 7.65. The predicted octanol–water partition coefficient (Wildman–Crippen LogP) is 6.70. The molecule has 1 heterocycles. The highest BCUT2D eigenvalue weighted by Crippen LogP contribution is 2.46. The van der Waals surface area contributed by atoms with Crippen LogP contribution in [-0.2, 0) is 9.53 Å². The number of hydrogen-bond donors (Lipinski definition) is 1. The standard InChI is InChI=1S/C33H31FN2O3/c1-22-19-27(34)10-12-29(22)32(24-3-2-4-24)33(25-8-5-23(6-9-25)7-14-31(37)38)30-13-11-28(20-26(30)21-35)36-15-17-39-18-16-36/h5-14,19-20,24H,2-4,15-18H2,1H3,(H,37,38)/b14-7+,33-32+. The first-order valence-corrected chi connectivity index (χ1v) is 13.3. The minimum absolute atomic E-state index is 0.270. The monoisotopic (exact) mass is 522 g/mol. The Labute approximate surface area is 228 Å². The number of carboxylic acid groups (broad SMARTS) is 1. The lowest BCUT2D eigenvalue weighted by Crippen LogP contribution is -2.36. The Bertz CT molecular complexity index is 1470. The second-order valence-electron chi connectivity index (χ2n) is 10.1. The molecule has 3 aromatic rings. The van der Waals surface area contributed by atoms with Gasteiger partial charge < -0.3 is 14.7 Å². The van der Waals surface area contributed by atoms with Gasteiger partial charge in [0.25, 0.3) is 0 Å². The van der Waals surface area contributed by atoms with E-state index in [9.17, 15) is 14.4 Å². The quantitative estimate of drug-likeness (QED) is 0.276. The lowest BCUT2D eigenvalue weighted by molar-refractivity contribution is -0.131. The zero-order valence-electron chi connectivity index (χ0n) is 22.0. The average Bonchev–Trinajstić information content (AvgIpc) is 2.92. The van der Waals surface area contributed by atoms with Crippen LogP contribution in [0.5, 0.6) is 0 Å². The highest BCUT2D eigenvalue weighted by Gasteiger charge is 2.29. The number of hydrogen-bond acceptors (Lipinski definition) is 4.